The van der Waals surface area contributed by atoms with E-state index in [0.29, 0.717) is 43.2 Å². The van der Waals surface area contributed by atoms with Crippen LogP contribution in [0.2, 0.25) is 0 Å². The van der Waals surface area contributed by atoms with Crippen LogP contribution in [-0.2, 0) is 9.84 Å². The number of sulfone groups is 1. The lowest BCUT2D eigenvalue weighted by atomic mass is 10.2. The van der Waals surface area contributed by atoms with Crippen LogP contribution in [0.25, 0.3) is 0 Å². The van der Waals surface area contributed by atoms with Crippen molar-refractivity contribution in [3.05, 3.63) is 66.2 Å². The first-order chi connectivity index (χ1) is 12.1. The van der Waals surface area contributed by atoms with E-state index in [1.807, 2.05) is 41.3 Å². The molecule has 132 valence electrons. The zero-order valence-corrected chi connectivity index (χ0v) is 14.9. The van der Waals surface area contributed by atoms with Gasteiger partial charge >= 0.3 is 0 Å². The van der Waals surface area contributed by atoms with Crippen LogP contribution >= 0.6 is 0 Å². The molecule has 0 N–H and O–H groups in total. The molecule has 1 aliphatic rings. The first-order valence-electron chi connectivity index (χ1n) is 8.41. The van der Waals surface area contributed by atoms with Gasteiger partial charge in [-0.2, -0.15) is 0 Å². The second kappa shape index (κ2) is 7.80. The molecule has 0 aromatic heterocycles. The van der Waals surface area contributed by atoms with Crippen LogP contribution in [0.3, 0.4) is 0 Å². The summed E-state index contributed by atoms with van der Waals surface area (Å²) in [4.78, 5) is 16.7. The SMILES string of the molecule is O=C(c1ccccc1)N1CCN(CCS(=O)(=O)c2ccccc2)CC1. The molecule has 1 saturated heterocycles. The molecular formula is C19H22N2O3S. The van der Waals surface area contributed by atoms with E-state index in [-0.39, 0.29) is 11.7 Å². The van der Waals surface area contributed by atoms with Crippen LogP contribution in [0.4, 0.5) is 0 Å². The predicted octanol–water partition coefficient (Wildman–Crippen LogP) is 1.92. The minimum atomic E-state index is -3.25. The molecule has 3 rings (SSSR count). The molecule has 2 aromatic carbocycles. The molecule has 6 heteroatoms. The predicted molar refractivity (Wildman–Crippen MR) is 97.3 cm³/mol. The van der Waals surface area contributed by atoms with Crippen LogP contribution in [0.1, 0.15) is 10.4 Å². The fourth-order valence-corrected chi connectivity index (χ4v) is 4.24. The molecule has 0 radical (unpaired) electrons. The molecule has 5 nitrogen and oxygen atoms in total. The molecule has 0 bridgehead atoms. The number of carbonyl (C=O) groups excluding carboxylic acids is 1. The quantitative estimate of drug-likeness (QED) is 0.819. The Bertz CT molecular complexity index is 799. The highest BCUT2D eigenvalue weighted by atomic mass is 32.2. The Kier molecular flexibility index (Phi) is 5.50. The molecule has 0 unspecified atom stereocenters. The number of carbonyl (C=O) groups is 1. The molecule has 0 aliphatic carbocycles. The van der Waals surface area contributed by atoms with E-state index >= 15 is 0 Å². The average Bonchev–Trinajstić information content (AvgIpc) is 2.68. The van der Waals surface area contributed by atoms with Gasteiger partial charge in [0.25, 0.3) is 5.91 Å². The smallest absolute Gasteiger partial charge is 0.253 e. The van der Waals surface area contributed by atoms with Crippen molar-refractivity contribution in [2.45, 2.75) is 4.90 Å². The van der Waals surface area contributed by atoms with Crippen LogP contribution in [0.15, 0.2) is 65.6 Å². The topological polar surface area (TPSA) is 57.7 Å². The fraction of sp³-hybridized carbons (Fsp3) is 0.316. The van der Waals surface area contributed by atoms with Crippen molar-refractivity contribution in [2.75, 3.05) is 38.5 Å². The first kappa shape index (κ1) is 17.6. The highest BCUT2D eigenvalue weighted by molar-refractivity contribution is 7.91. The second-order valence-corrected chi connectivity index (χ2v) is 8.24. The Labute approximate surface area is 148 Å². The average molecular weight is 358 g/mol. The van der Waals surface area contributed by atoms with Gasteiger partial charge in [-0.1, -0.05) is 36.4 Å². The summed E-state index contributed by atoms with van der Waals surface area (Å²) in [7, 11) is -3.25. The van der Waals surface area contributed by atoms with Crippen molar-refractivity contribution in [3.8, 4) is 0 Å². The summed E-state index contributed by atoms with van der Waals surface area (Å²) in [6.45, 7) is 3.13. The van der Waals surface area contributed by atoms with Gasteiger partial charge in [0.2, 0.25) is 0 Å². The third-order valence-electron chi connectivity index (χ3n) is 4.46. The summed E-state index contributed by atoms with van der Waals surface area (Å²) in [5.74, 6) is 0.140. The molecule has 2 aromatic rings. The van der Waals surface area contributed by atoms with Crippen molar-refractivity contribution in [2.24, 2.45) is 0 Å². The Balaban J connectivity index is 1.51. The maximum Gasteiger partial charge on any atom is 0.253 e. The Morgan fingerprint density at radius 1 is 0.840 bits per heavy atom. The van der Waals surface area contributed by atoms with Crippen LogP contribution in [0.5, 0.6) is 0 Å². The van der Waals surface area contributed by atoms with Crippen LogP contribution in [0, 0.1) is 0 Å². The molecule has 0 saturated carbocycles. The van der Waals surface area contributed by atoms with E-state index in [9.17, 15) is 13.2 Å². The van der Waals surface area contributed by atoms with Crippen molar-refractivity contribution in [3.63, 3.8) is 0 Å². The van der Waals surface area contributed by atoms with E-state index in [1.54, 1.807) is 24.3 Å². The summed E-state index contributed by atoms with van der Waals surface area (Å²) >= 11 is 0. The lowest BCUT2D eigenvalue weighted by Crippen LogP contribution is -2.49. The zero-order valence-electron chi connectivity index (χ0n) is 14.0. The molecule has 25 heavy (non-hydrogen) atoms. The minimum Gasteiger partial charge on any atom is -0.336 e. The molecule has 1 amide bonds. The standard InChI is InChI=1S/C19H22N2O3S/c22-19(17-7-3-1-4-8-17)21-13-11-20(12-14-21)15-16-25(23,24)18-9-5-2-6-10-18/h1-10H,11-16H2. The molecule has 1 fully saturated rings. The van der Waals surface area contributed by atoms with Gasteiger partial charge in [-0.05, 0) is 24.3 Å². The van der Waals surface area contributed by atoms with Gasteiger partial charge in [-0.3, -0.25) is 9.69 Å². The summed E-state index contributed by atoms with van der Waals surface area (Å²) < 4.78 is 24.7. The van der Waals surface area contributed by atoms with Gasteiger partial charge in [0.15, 0.2) is 9.84 Å². The Hall–Kier alpha value is -2.18. The summed E-state index contributed by atoms with van der Waals surface area (Å²) in [6, 6.07) is 17.8. The number of amides is 1. The monoisotopic (exact) mass is 358 g/mol. The lowest BCUT2D eigenvalue weighted by Gasteiger charge is -2.34. The van der Waals surface area contributed by atoms with Crippen LogP contribution in [-0.4, -0.2) is 62.6 Å². The van der Waals surface area contributed by atoms with Gasteiger partial charge < -0.3 is 4.90 Å². The normalized spacial score (nSPS) is 15.9. The molecular weight excluding hydrogens is 336 g/mol. The van der Waals surface area contributed by atoms with E-state index < -0.39 is 9.84 Å². The maximum absolute atomic E-state index is 12.4. The lowest BCUT2D eigenvalue weighted by molar-refractivity contribution is 0.0644. The Morgan fingerprint density at radius 3 is 2.00 bits per heavy atom. The van der Waals surface area contributed by atoms with E-state index in [0.717, 1.165) is 0 Å². The van der Waals surface area contributed by atoms with Gasteiger partial charge in [-0.15, -0.1) is 0 Å². The van der Waals surface area contributed by atoms with E-state index in [2.05, 4.69) is 4.90 Å². The molecule has 1 aliphatic heterocycles. The zero-order chi connectivity index (χ0) is 17.7. The van der Waals surface area contributed by atoms with Gasteiger partial charge in [0, 0.05) is 38.3 Å². The molecule has 0 atom stereocenters. The largest absolute Gasteiger partial charge is 0.336 e. The van der Waals surface area contributed by atoms with Crippen molar-refractivity contribution in [1.82, 2.24) is 9.80 Å². The minimum absolute atomic E-state index is 0.0390. The number of hydrogen-bond donors (Lipinski definition) is 0. The van der Waals surface area contributed by atoms with E-state index in [1.165, 1.54) is 0 Å². The number of piperazine rings is 1. The Morgan fingerprint density at radius 2 is 1.40 bits per heavy atom. The van der Waals surface area contributed by atoms with Crippen molar-refractivity contribution < 1.29 is 13.2 Å². The highest BCUT2D eigenvalue weighted by Gasteiger charge is 2.23. The number of hydrogen-bond acceptors (Lipinski definition) is 4. The molecule has 0 spiro atoms. The summed E-state index contributed by atoms with van der Waals surface area (Å²) in [5.41, 5.74) is 0.697. The van der Waals surface area contributed by atoms with E-state index in [4.69, 9.17) is 0 Å². The summed E-state index contributed by atoms with van der Waals surface area (Å²) in [5, 5.41) is 0. The van der Waals surface area contributed by atoms with Gasteiger partial charge in [0.05, 0.1) is 10.6 Å². The molecule has 1 heterocycles. The second-order valence-electron chi connectivity index (χ2n) is 6.13. The fourth-order valence-electron chi connectivity index (χ4n) is 2.93. The highest BCUT2D eigenvalue weighted by Crippen LogP contribution is 2.12. The van der Waals surface area contributed by atoms with Crippen LogP contribution < -0.4 is 0 Å². The van der Waals surface area contributed by atoms with Crippen molar-refractivity contribution >= 4 is 15.7 Å². The van der Waals surface area contributed by atoms with Gasteiger partial charge in [0.1, 0.15) is 0 Å². The maximum atomic E-state index is 12.4. The number of rotatable bonds is 5. The number of benzene rings is 2. The third kappa shape index (κ3) is 4.46. The third-order valence-corrected chi connectivity index (χ3v) is 6.17. The first-order valence-corrected chi connectivity index (χ1v) is 10.1. The summed E-state index contributed by atoms with van der Waals surface area (Å²) in [6.07, 6.45) is 0. The number of nitrogens with zero attached hydrogens (tertiary/aromatic N) is 2. The van der Waals surface area contributed by atoms with Crippen molar-refractivity contribution in [1.29, 1.82) is 0 Å². The van der Waals surface area contributed by atoms with Gasteiger partial charge in [-0.25, -0.2) is 8.42 Å².